The van der Waals surface area contributed by atoms with Crippen LogP contribution in [0.3, 0.4) is 0 Å². The van der Waals surface area contributed by atoms with Gasteiger partial charge >= 0.3 is 5.97 Å². The average molecular weight is 324 g/mol. The molecular formula is C14H14BrNO3. The van der Waals surface area contributed by atoms with Gasteiger partial charge in [-0.1, -0.05) is 35.3 Å². The summed E-state index contributed by atoms with van der Waals surface area (Å²) < 4.78 is 6.36. The first-order valence-corrected chi connectivity index (χ1v) is 6.82. The van der Waals surface area contributed by atoms with E-state index in [1.54, 1.807) is 0 Å². The summed E-state index contributed by atoms with van der Waals surface area (Å²) in [7, 11) is 0. The Balaban J connectivity index is 2.54. The minimum atomic E-state index is -1.07. The van der Waals surface area contributed by atoms with Crippen LogP contribution in [0.2, 0.25) is 0 Å². The quantitative estimate of drug-likeness (QED) is 0.921. The minimum Gasteiger partial charge on any atom is -0.475 e. The van der Waals surface area contributed by atoms with Crippen molar-refractivity contribution in [2.45, 2.75) is 26.7 Å². The molecule has 4 nitrogen and oxygen atoms in total. The number of rotatable bonds is 4. The molecule has 0 saturated carbocycles. The summed E-state index contributed by atoms with van der Waals surface area (Å²) in [4.78, 5) is 15.5. The van der Waals surface area contributed by atoms with Gasteiger partial charge in [0.1, 0.15) is 0 Å². The second kappa shape index (κ2) is 5.57. The van der Waals surface area contributed by atoms with Gasteiger partial charge in [0.25, 0.3) is 0 Å². The van der Waals surface area contributed by atoms with Crippen LogP contribution in [-0.2, 0) is 6.42 Å². The van der Waals surface area contributed by atoms with Crippen LogP contribution in [0.1, 0.15) is 35.2 Å². The highest BCUT2D eigenvalue weighted by Gasteiger charge is 2.20. The average Bonchev–Trinajstić information content (AvgIpc) is 2.77. The van der Waals surface area contributed by atoms with E-state index in [-0.39, 0.29) is 5.76 Å². The fraction of sp³-hybridized carbons (Fsp3) is 0.286. The molecule has 0 aliphatic heterocycles. The number of carboxylic acids is 1. The van der Waals surface area contributed by atoms with Gasteiger partial charge in [-0.2, -0.15) is 0 Å². The normalized spacial score (nSPS) is 10.7. The molecule has 0 unspecified atom stereocenters. The van der Waals surface area contributed by atoms with Crippen LogP contribution >= 0.6 is 15.9 Å². The number of carbonyl (C=O) groups is 1. The van der Waals surface area contributed by atoms with Gasteiger partial charge in [0.15, 0.2) is 0 Å². The van der Waals surface area contributed by atoms with Crippen LogP contribution in [0.25, 0.3) is 11.5 Å². The van der Waals surface area contributed by atoms with Crippen molar-refractivity contribution >= 4 is 21.9 Å². The SMILES string of the molecule is CCCc1nc(-c2cccc(Br)c2C)oc1C(=O)O. The molecular weight excluding hydrogens is 310 g/mol. The summed E-state index contributed by atoms with van der Waals surface area (Å²) in [6, 6.07) is 5.66. The molecule has 2 rings (SSSR count). The highest BCUT2D eigenvalue weighted by molar-refractivity contribution is 9.10. The van der Waals surface area contributed by atoms with E-state index in [1.807, 2.05) is 32.0 Å². The Labute approximate surface area is 119 Å². The van der Waals surface area contributed by atoms with E-state index in [0.29, 0.717) is 18.0 Å². The van der Waals surface area contributed by atoms with Gasteiger partial charge in [-0.05, 0) is 31.0 Å². The third-order valence-electron chi connectivity index (χ3n) is 2.88. The lowest BCUT2D eigenvalue weighted by Gasteiger charge is -2.02. The van der Waals surface area contributed by atoms with Crippen molar-refractivity contribution in [1.82, 2.24) is 4.98 Å². The molecule has 5 heteroatoms. The van der Waals surface area contributed by atoms with Gasteiger partial charge < -0.3 is 9.52 Å². The van der Waals surface area contributed by atoms with E-state index >= 15 is 0 Å². The van der Waals surface area contributed by atoms with Crippen LogP contribution in [-0.4, -0.2) is 16.1 Å². The number of hydrogen-bond acceptors (Lipinski definition) is 3. The monoisotopic (exact) mass is 323 g/mol. The molecule has 0 spiro atoms. The lowest BCUT2D eigenvalue weighted by Crippen LogP contribution is -1.99. The van der Waals surface area contributed by atoms with Gasteiger partial charge in [-0.25, -0.2) is 9.78 Å². The third kappa shape index (κ3) is 2.71. The molecule has 0 aliphatic carbocycles. The van der Waals surface area contributed by atoms with E-state index in [4.69, 9.17) is 9.52 Å². The number of benzene rings is 1. The number of aromatic carboxylic acids is 1. The smallest absolute Gasteiger partial charge is 0.373 e. The zero-order valence-electron chi connectivity index (χ0n) is 10.7. The molecule has 1 N–H and O–H groups in total. The molecule has 100 valence electrons. The highest BCUT2D eigenvalue weighted by Crippen LogP contribution is 2.29. The van der Waals surface area contributed by atoms with E-state index in [2.05, 4.69) is 20.9 Å². The van der Waals surface area contributed by atoms with Gasteiger partial charge in [0, 0.05) is 10.0 Å². The number of hydrogen-bond donors (Lipinski definition) is 1. The Morgan fingerprint density at radius 1 is 1.47 bits per heavy atom. The molecule has 0 atom stereocenters. The second-order valence-electron chi connectivity index (χ2n) is 4.26. The standard InChI is InChI=1S/C14H14BrNO3/c1-3-5-11-12(14(17)18)19-13(16-11)9-6-4-7-10(15)8(9)2/h4,6-7H,3,5H2,1-2H3,(H,17,18). The van der Waals surface area contributed by atoms with E-state index < -0.39 is 5.97 Å². The Bertz CT molecular complexity index is 619. The summed E-state index contributed by atoms with van der Waals surface area (Å²) in [6.07, 6.45) is 1.42. The zero-order valence-corrected chi connectivity index (χ0v) is 12.3. The molecule has 19 heavy (non-hydrogen) atoms. The molecule has 2 aromatic rings. The maximum atomic E-state index is 11.2. The topological polar surface area (TPSA) is 63.3 Å². The van der Waals surface area contributed by atoms with Crippen molar-refractivity contribution < 1.29 is 14.3 Å². The number of nitrogens with zero attached hydrogens (tertiary/aromatic N) is 1. The number of aromatic nitrogens is 1. The molecule has 0 amide bonds. The zero-order chi connectivity index (χ0) is 14.0. The molecule has 1 heterocycles. The molecule has 0 saturated heterocycles. The van der Waals surface area contributed by atoms with Crippen molar-refractivity contribution in [1.29, 1.82) is 0 Å². The van der Waals surface area contributed by atoms with E-state index in [0.717, 1.165) is 22.0 Å². The molecule has 0 aliphatic rings. The first-order valence-electron chi connectivity index (χ1n) is 6.03. The van der Waals surface area contributed by atoms with Crippen LogP contribution in [0, 0.1) is 6.92 Å². The molecule has 0 bridgehead atoms. The predicted octanol–water partition coefficient (Wildman–Crippen LogP) is 4.06. The van der Waals surface area contributed by atoms with Crippen molar-refractivity contribution in [2.75, 3.05) is 0 Å². The molecule has 0 radical (unpaired) electrons. The fourth-order valence-electron chi connectivity index (χ4n) is 1.88. The van der Waals surface area contributed by atoms with Gasteiger partial charge in [-0.3, -0.25) is 0 Å². The summed E-state index contributed by atoms with van der Waals surface area (Å²) in [5, 5.41) is 9.13. The third-order valence-corrected chi connectivity index (χ3v) is 3.74. The number of halogens is 1. The minimum absolute atomic E-state index is 0.0591. The van der Waals surface area contributed by atoms with Gasteiger partial charge in [0.05, 0.1) is 5.69 Å². The van der Waals surface area contributed by atoms with Crippen molar-refractivity contribution in [3.05, 3.63) is 39.7 Å². The number of carboxylic acid groups (broad SMARTS) is 1. The lowest BCUT2D eigenvalue weighted by molar-refractivity contribution is 0.0661. The maximum absolute atomic E-state index is 11.2. The summed E-state index contributed by atoms with van der Waals surface area (Å²) >= 11 is 3.44. The van der Waals surface area contributed by atoms with Crippen LogP contribution in [0.5, 0.6) is 0 Å². The Morgan fingerprint density at radius 2 is 2.21 bits per heavy atom. The first kappa shape index (κ1) is 13.8. The molecule has 1 aromatic carbocycles. The van der Waals surface area contributed by atoms with E-state index in [1.165, 1.54) is 0 Å². The highest BCUT2D eigenvalue weighted by atomic mass is 79.9. The number of aryl methyl sites for hydroxylation is 1. The van der Waals surface area contributed by atoms with Crippen LogP contribution in [0.4, 0.5) is 0 Å². The Morgan fingerprint density at radius 3 is 2.84 bits per heavy atom. The van der Waals surface area contributed by atoms with Crippen molar-refractivity contribution in [2.24, 2.45) is 0 Å². The number of oxazole rings is 1. The molecule has 0 fully saturated rings. The van der Waals surface area contributed by atoms with Gasteiger partial charge in [0.2, 0.25) is 11.7 Å². The Hall–Kier alpha value is -1.62. The summed E-state index contributed by atoms with van der Waals surface area (Å²) in [5.74, 6) is -0.772. The molecule has 1 aromatic heterocycles. The summed E-state index contributed by atoms with van der Waals surface area (Å²) in [6.45, 7) is 3.91. The van der Waals surface area contributed by atoms with Crippen molar-refractivity contribution in [3.8, 4) is 11.5 Å². The maximum Gasteiger partial charge on any atom is 0.373 e. The second-order valence-corrected chi connectivity index (χ2v) is 5.12. The van der Waals surface area contributed by atoms with Crippen LogP contribution in [0.15, 0.2) is 27.1 Å². The van der Waals surface area contributed by atoms with Crippen molar-refractivity contribution in [3.63, 3.8) is 0 Å². The first-order chi connectivity index (χ1) is 9.04. The predicted molar refractivity (Wildman–Crippen MR) is 75.3 cm³/mol. The Kier molecular flexibility index (Phi) is 4.04. The van der Waals surface area contributed by atoms with E-state index in [9.17, 15) is 4.79 Å². The fourth-order valence-corrected chi connectivity index (χ4v) is 2.25. The lowest BCUT2D eigenvalue weighted by atomic mass is 10.1. The summed E-state index contributed by atoms with van der Waals surface area (Å²) in [5.41, 5.74) is 2.28. The van der Waals surface area contributed by atoms with Gasteiger partial charge in [-0.15, -0.1) is 0 Å². The largest absolute Gasteiger partial charge is 0.475 e. The van der Waals surface area contributed by atoms with Crippen LogP contribution < -0.4 is 0 Å².